The molecule has 5 nitrogen and oxygen atoms in total. The van der Waals surface area contributed by atoms with Crippen molar-refractivity contribution in [1.82, 2.24) is 19.8 Å². The number of carbonyl (C=O) groups excluding carboxylic acids is 1. The van der Waals surface area contributed by atoms with Crippen LogP contribution in [0.15, 0.2) is 54.6 Å². The van der Waals surface area contributed by atoms with Crippen molar-refractivity contribution in [3.63, 3.8) is 0 Å². The fraction of sp³-hybridized carbons (Fsp3) is 0.391. The Bertz CT molecular complexity index is 950. The highest BCUT2D eigenvalue weighted by Crippen LogP contribution is 2.22. The van der Waals surface area contributed by atoms with Crippen LogP contribution in [0.2, 0.25) is 0 Å². The van der Waals surface area contributed by atoms with Crippen molar-refractivity contribution in [2.75, 3.05) is 13.1 Å². The van der Waals surface area contributed by atoms with Crippen LogP contribution in [-0.4, -0.2) is 33.4 Å². The van der Waals surface area contributed by atoms with Gasteiger partial charge in [0, 0.05) is 13.6 Å². The third kappa shape index (κ3) is 3.94. The number of piperidine rings is 1. The van der Waals surface area contributed by atoms with Gasteiger partial charge in [0.2, 0.25) is 5.91 Å². The van der Waals surface area contributed by atoms with Gasteiger partial charge in [-0.2, -0.15) is 0 Å². The number of benzene rings is 2. The highest BCUT2D eigenvalue weighted by molar-refractivity contribution is 5.79. The van der Waals surface area contributed by atoms with Gasteiger partial charge in [-0.3, -0.25) is 9.69 Å². The minimum atomic E-state index is 0.0314. The maximum atomic E-state index is 12.8. The lowest BCUT2D eigenvalue weighted by Crippen LogP contribution is -2.43. The summed E-state index contributed by atoms with van der Waals surface area (Å²) < 4.78 is 2.16. The predicted molar refractivity (Wildman–Crippen MR) is 112 cm³/mol. The zero-order valence-corrected chi connectivity index (χ0v) is 16.6. The van der Waals surface area contributed by atoms with Crippen LogP contribution in [0.4, 0.5) is 0 Å². The van der Waals surface area contributed by atoms with E-state index in [1.165, 1.54) is 0 Å². The zero-order chi connectivity index (χ0) is 19.5. The molecule has 0 bridgehead atoms. The normalized spacial score (nSPS) is 18.9. The molecule has 1 fully saturated rings. The average molecular weight is 377 g/mol. The van der Waals surface area contributed by atoms with E-state index in [0.717, 1.165) is 54.9 Å². The first kappa shape index (κ1) is 18.7. The molecular weight excluding hydrogens is 348 g/mol. The van der Waals surface area contributed by atoms with Crippen LogP contribution < -0.4 is 5.32 Å². The van der Waals surface area contributed by atoms with Crippen LogP contribution in [0.3, 0.4) is 0 Å². The third-order valence-electron chi connectivity index (χ3n) is 5.78. The molecule has 0 saturated carbocycles. The topological polar surface area (TPSA) is 50.2 Å². The van der Waals surface area contributed by atoms with Crippen molar-refractivity contribution in [1.29, 1.82) is 0 Å². The Morgan fingerprint density at radius 1 is 1.18 bits per heavy atom. The van der Waals surface area contributed by atoms with E-state index >= 15 is 0 Å². The molecule has 1 saturated heterocycles. The van der Waals surface area contributed by atoms with Crippen LogP contribution in [0.1, 0.15) is 37.2 Å². The van der Waals surface area contributed by atoms with Crippen molar-refractivity contribution < 1.29 is 4.79 Å². The number of hydrogen-bond donors (Lipinski definition) is 1. The largest absolute Gasteiger partial charge is 0.349 e. The lowest BCUT2D eigenvalue weighted by molar-refractivity contribution is -0.127. The van der Waals surface area contributed by atoms with Crippen molar-refractivity contribution in [3.05, 3.63) is 66.0 Å². The van der Waals surface area contributed by atoms with Crippen molar-refractivity contribution >= 4 is 16.9 Å². The van der Waals surface area contributed by atoms with Gasteiger partial charge in [-0.25, -0.2) is 4.98 Å². The highest BCUT2D eigenvalue weighted by atomic mass is 16.2. The average Bonchev–Trinajstić information content (AvgIpc) is 3.04. The summed E-state index contributed by atoms with van der Waals surface area (Å²) in [7, 11) is 2.07. The Hall–Kier alpha value is -2.66. The van der Waals surface area contributed by atoms with Gasteiger partial charge in [0.05, 0.1) is 29.5 Å². The van der Waals surface area contributed by atoms with Gasteiger partial charge in [0.15, 0.2) is 0 Å². The second-order valence-electron chi connectivity index (χ2n) is 7.79. The fourth-order valence-electron chi connectivity index (χ4n) is 4.11. The number of aryl methyl sites for hydroxylation is 1. The third-order valence-corrected chi connectivity index (χ3v) is 5.78. The number of para-hydroxylation sites is 2. The molecule has 28 heavy (non-hydrogen) atoms. The van der Waals surface area contributed by atoms with Crippen LogP contribution in [0.5, 0.6) is 0 Å². The van der Waals surface area contributed by atoms with Crippen LogP contribution in [0, 0.1) is 5.92 Å². The molecule has 3 aromatic rings. The summed E-state index contributed by atoms with van der Waals surface area (Å²) in [4.78, 5) is 20.0. The molecule has 2 aromatic carbocycles. The SMILES string of the molecule is C[C@@H](NC(=O)[C@@H]1CCCN(Cc2nc3ccccc3n2C)C1)c1ccccc1. The molecule has 146 valence electrons. The summed E-state index contributed by atoms with van der Waals surface area (Å²) >= 11 is 0. The van der Waals surface area contributed by atoms with Gasteiger partial charge in [-0.1, -0.05) is 42.5 Å². The summed E-state index contributed by atoms with van der Waals surface area (Å²) in [6.07, 6.45) is 1.99. The van der Waals surface area contributed by atoms with E-state index < -0.39 is 0 Å². The van der Waals surface area contributed by atoms with E-state index in [9.17, 15) is 4.79 Å². The molecule has 1 aliphatic rings. The van der Waals surface area contributed by atoms with E-state index in [4.69, 9.17) is 4.98 Å². The molecule has 0 unspecified atom stereocenters. The fourth-order valence-corrected chi connectivity index (χ4v) is 4.11. The van der Waals surface area contributed by atoms with Gasteiger partial charge in [-0.15, -0.1) is 0 Å². The Morgan fingerprint density at radius 3 is 2.71 bits per heavy atom. The summed E-state index contributed by atoms with van der Waals surface area (Å²) in [5.41, 5.74) is 3.33. The molecule has 0 aliphatic carbocycles. The lowest BCUT2D eigenvalue weighted by Gasteiger charge is -2.32. The van der Waals surface area contributed by atoms with Gasteiger partial charge >= 0.3 is 0 Å². The first-order valence-electron chi connectivity index (χ1n) is 10.1. The first-order chi connectivity index (χ1) is 13.6. The number of rotatable bonds is 5. The highest BCUT2D eigenvalue weighted by Gasteiger charge is 2.27. The summed E-state index contributed by atoms with van der Waals surface area (Å²) in [6, 6.07) is 18.4. The van der Waals surface area contributed by atoms with E-state index in [2.05, 4.69) is 46.1 Å². The second-order valence-corrected chi connectivity index (χ2v) is 7.79. The van der Waals surface area contributed by atoms with E-state index in [1.807, 2.05) is 37.3 Å². The maximum Gasteiger partial charge on any atom is 0.224 e. The molecule has 1 N–H and O–H groups in total. The molecule has 2 atom stereocenters. The van der Waals surface area contributed by atoms with Gasteiger partial charge in [-0.05, 0) is 44.0 Å². The number of amides is 1. The number of carbonyl (C=O) groups is 1. The molecule has 2 heterocycles. The standard InChI is InChI=1S/C23H28N4O/c1-17(18-9-4-3-5-10-18)24-23(28)19-11-8-14-27(15-19)16-22-25-20-12-6-7-13-21(20)26(22)2/h3-7,9-10,12-13,17,19H,8,11,14-16H2,1-2H3,(H,24,28)/t17-,19-/m1/s1. The molecule has 1 aliphatic heterocycles. The summed E-state index contributed by atoms with van der Waals surface area (Å²) in [6.45, 7) is 4.63. The van der Waals surface area contributed by atoms with E-state index in [0.29, 0.717) is 0 Å². The Balaban J connectivity index is 1.39. The predicted octanol–water partition coefficient (Wildman–Crippen LogP) is 3.66. The van der Waals surface area contributed by atoms with E-state index in [-0.39, 0.29) is 17.9 Å². The number of nitrogens with zero attached hydrogens (tertiary/aromatic N) is 3. The lowest BCUT2D eigenvalue weighted by atomic mass is 9.96. The minimum absolute atomic E-state index is 0.0314. The van der Waals surface area contributed by atoms with Gasteiger partial charge in [0.1, 0.15) is 5.82 Å². The molecule has 1 aromatic heterocycles. The van der Waals surface area contributed by atoms with Gasteiger partial charge in [0.25, 0.3) is 0 Å². The van der Waals surface area contributed by atoms with Gasteiger partial charge < -0.3 is 9.88 Å². The van der Waals surface area contributed by atoms with E-state index in [1.54, 1.807) is 0 Å². The number of hydrogen-bond acceptors (Lipinski definition) is 3. The zero-order valence-electron chi connectivity index (χ0n) is 16.6. The Kier molecular flexibility index (Phi) is 5.44. The molecule has 4 rings (SSSR count). The monoisotopic (exact) mass is 376 g/mol. The number of fused-ring (bicyclic) bond motifs is 1. The number of aromatic nitrogens is 2. The summed E-state index contributed by atoms with van der Waals surface area (Å²) in [5, 5.41) is 3.20. The Labute approximate surface area is 166 Å². The molecule has 0 radical (unpaired) electrons. The smallest absolute Gasteiger partial charge is 0.224 e. The first-order valence-corrected chi connectivity index (χ1v) is 10.1. The van der Waals surface area contributed by atoms with Crippen molar-refractivity contribution in [2.45, 2.75) is 32.4 Å². The second kappa shape index (κ2) is 8.15. The molecule has 1 amide bonds. The Morgan fingerprint density at radius 2 is 1.93 bits per heavy atom. The van der Waals surface area contributed by atoms with Crippen LogP contribution in [-0.2, 0) is 18.4 Å². The molecule has 5 heteroatoms. The molecule has 0 spiro atoms. The number of likely N-dealkylation sites (tertiary alicyclic amines) is 1. The van der Waals surface area contributed by atoms with Crippen LogP contribution in [0.25, 0.3) is 11.0 Å². The number of imidazole rings is 1. The van der Waals surface area contributed by atoms with Crippen LogP contribution >= 0.6 is 0 Å². The quantitative estimate of drug-likeness (QED) is 0.739. The summed E-state index contributed by atoms with van der Waals surface area (Å²) in [5.74, 6) is 1.25. The van der Waals surface area contributed by atoms with Crippen molar-refractivity contribution in [3.8, 4) is 0 Å². The van der Waals surface area contributed by atoms with Crippen molar-refractivity contribution in [2.24, 2.45) is 13.0 Å². The molecular formula is C23H28N4O. The number of nitrogens with one attached hydrogen (secondary N) is 1. The maximum absolute atomic E-state index is 12.8. The minimum Gasteiger partial charge on any atom is -0.349 e.